The van der Waals surface area contributed by atoms with Crippen molar-refractivity contribution in [3.8, 4) is 0 Å². The molecular weight excluding hydrogens is 408 g/mol. The van der Waals surface area contributed by atoms with Crippen LogP contribution in [0.1, 0.15) is 57.6 Å². The van der Waals surface area contributed by atoms with Gasteiger partial charge in [0, 0.05) is 25.3 Å². The van der Waals surface area contributed by atoms with Gasteiger partial charge in [-0.15, -0.1) is 0 Å². The van der Waals surface area contributed by atoms with Gasteiger partial charge in [0.15, 0.2) is 11.6 Å². The standard InChI is InChI=1S/C22H24O9/c1-12(23)29-18-4-3-17(25)21(9-16(30-19(21)26)13-5-6-27-10-13)7-14-15(24)8-20(2)28-11-22(14,18)31-20/h5-6,10,14,16,18H,3-4,7-9,11H2,1-2H3/t14-,16+,18+,20+,21-,22+/m1/s1. The number of rotatable bonds is 2. The van der Waals surface area contributed by atoms with E-state index in [2.05, 4.69) is 0 Å². The quantitative estimate of drug-likeness (QED) is 0.511. The highest BCUT2D eigenvalue weighted by Gasteiger charge is 2.69. The first-order chi connectivity index (χ1) is 14.7. The van der Waals surface area contributed by atoms with Crippen LogP contribution < -0.4 is 0 Å². The van der Waals surface area contributed by atoms with Gasteiger partial charge in [0.25, 0.3) is 0 Å². The first kappa shape index (κ1) is 20.4. The molecule has 166 valence electrons. The summed E-state index contributed by atoms with van der Waals surface area (Å²) in [6, 6.07) is 1.69. The predicted molar refractivity (Wildman–Crippen MR) is 100 cm³/mol. The highest BCUT2D eigenvalue weighted by atomic mass is 16.8. The molecule has 3 saturated heterocycles. The van der Waals surface area contributed by atoms with Gasteiger partial charge < -0.3 is 23.4 Å². The minimum absolute atomic E-state index is 0.00329. The van der Waals surface area contributed by atoms with E-state index in [4.69, 9.17) is 23.4 Å². The van der Waals surface area contributed by atoms with Crippen LogP contribution in [0, 0.1) is 11.3 Å². The molecule has 4 fully saturated rings. The summed E-state index contributed by atoms with van der Waals surface area (Å²) in [4.78, 5) is 51.5. The van der Waals surface area contributed by atoms with Crippen molar-refractivity contribution in [2.24, 2.45) is 11.3 Å². The zero-order valence-corrected chi connectivity index (χ0v) is 17.4. The van der Waals surface area contributed by atoms with Gasteiger partial charge in [-0.25, -0.2) is 0 Å². The lowest BCUT2D eigenvalue weighted by Crippen LogP contribution is -2.62. The van der Waals surface area contributed by atoms with Crippen molar-refractivity contribution in [2.75, 3.05) is 6.61 Å². The molecule has 2 bridgehead atoms. The second-order valence-corrected chi connectivity index (χ2v) is 9.18. The monoisotopic (exact) mass is 432 g/mol. The average Bonchev–Trinajstić information content (AvgIpc) is 3.39. The third kappa shape index (κ3) is 2.97. The molecule has 1 aromatic heterocycles. The molecule has 9 nitrogen and oxygen atoms in total. The summed E-state index contributed by atoms with van der Waals surface area (Å²) in [5, 5.41) is 0. The Balaban J connectivity index is 1.55. The van der Waals surface area contributed by atoms with Crippen LogP contribution in [0.5, 0.6) is 0 Å². The number of hydrogen-bond donors (Lipinski definition) is 0. The molecule has 4 aliphatic rings. The summed E-state index contributed by atoms with van der Waals surface area (Å²) in [6.07, 6.45) is 1.69. The number of Topliss-reactive ketones (excluding diaryl/α,β-unsaturated/α-hetero) is 2. The van der Waals surface area contributed by atoms with E-state index in [1.807, 2.05) is 0 Å². The van der Waals surface area contributed by atoms with Gasteiger partial charge >= 0.3 is 11.9 Å². The number of furan rings is 1. The van der Waals surface area contributed by atoms with E-state index in [-0.39, 0.29) is 50.3 Å². The Morgan fingerprint density at radius 2 is 2.03 bits per heavy atom. The zero-order valence-electron chi connectivity index (χ0n) is 17.4. The van der Waals surface area contributed by atoms with E-state index in [9.17, 15) is 19.2 Å². The van der Waals surface area contributed by atoms with Gasteiger partial charge in [-0.3, -0.25) is 19.2 Å². The van der Waals surface area contributed by atoms with Crippen LogP contribution in [-0.4, -0.2) is 47.6 Å². The molecule has 2 spiro atoms. The molecule has 5 rings (SSSR count). The molecule has 4 heterocycles. The van der Waals surface area contributed by atoms with Crippen molar-refractivity contribution >= 4 is 23.5 Å². The first-order valence-corrected chi connectivity index (χ1v) is 10.5. The maximum absolute atomic E-state index is 13.3. The first-order valence-electron chi connectivity index (χ1n) is 10.5. The lowest BCUT2D eigenvalue weighted by atomic mass is 9.62. The molecule has 1 saturated carbocycles. The van der Waals surface area contributed by atoms with E-state index in [0.29, 0.717) is 5.56 Å². The van der Waals surface area contributed by atoms with Gasteiger partial charge in [0.2, 0.25) is 0 Å². The molecule has 0 amide bonds. The summed E-state index contributed by atoms with van der Waals surface area (Å²) < 4.78 is 28.3. The molecule has 6 atom stereocenters. The smallest absolute Gasteiger partial charge is 0.320 e. The zero-order chi connectivity index (χ0) is 22.0. The highest BCUT2D eigenvalue weighted by molar-refractivity contribution is 6.06. The Hall–Kier alpha value is -2.52. The largest absolute Gasteiger partial charge is 0.472 e. The SMILES string of the molecule is CC(=O)O[C@H]1CCC(=O)[C@]2(C[C@@H](c3ccoc3)OC2=O)C[C@@H]2C(=O)C[C@@]3(C)OC[C@@]12O3. The van der Waals surface area contributed by atoms with Gasteiger partial charge in [-0.05, 0) is 25.8 Å². The van der Waals surface area contributed by atoms with Crippen molar-refractivity contribution in [1.29, 1.82) is 0 Å². The van der Waals surface area contributed by atoms with Gasteiger partial charge in [0.05, 0.1) is 31.5 Å². The Labute approximate surface area is 178 Å². The number of fused-ring (bicyclic) bond motifs is 1. The van der Waals surface area contributed by atoms with E-state index < -0.39 is 46.9 Å². The molecule has 1 aliphatic carbocycles. The highest BCUT2D eigenvalue weighted by Crippen LogP contribution is 2.56. The fourth-order valence-corrected chi connectivity index (χ4v) is 5.66. The summed E-state index contributed by atoms with van der Waals surface area (Å²) in [6.45, 7) is 3.00. The molecule has 31 heavy (non-hydrogen) atoms. The molecule has 3 aliphatic heterocycles. The summed E-state index contributed by atoms with van der Waals surface area (Å²) in [5.74, 6) is -3.60. The minimum atomic E-state index is -1.46. The minimum Gasteiger partial charge on any atom is -0.472 e. The van der Waals surface area contributed by atoms with Gasteiger partial charge in [0.1, 0.15) is 29.0 Å². The molecule has 1 aromatic rings. The Morgan fingerprint density at radius 3 is 2.74 bits per heavy atom. The Kier molecular flexibility index (Phi) is 4.43. The van der Waals surface area contributed by atoms with Crippen LogP contribution in [0.3, 0.4) is 0 Å². The van der Waals surface area contributed by atoms with Gasteiger partial charge in [-0.2, -0.15) is 0 Å². The normalized spacial score (nSPS) is 42.1. The number of hydrogen-bond acceptors (Lipinski definition) is 9. The average molecular weight is 432 g/mol. The third-order valence-corrected chi connectivity index (χ3v) is 7.14. The van der Waals surface area contributed by atoms with Crippen molar-refractivity contribution in [1.82, 2.24) is 0 Å². The molecule has 0 N–H and O–H groups in total. The third-order valence-electron chi connectivity index (χ3n) is 7.14. The van der Waals surface area contributed by atoms with Crippen LogP contribution in [0.15, 0.2) is 23.0 Å². The van der Waals surface area contributed by atoms with Gasteiger partial charge in [-0.1, -0.05) is 0 Å². The Bertz CT molecular complexity index is 952. The van der Waals surface area contributed by atoms with E-state index in [0.717, 1.165) is 0 Å². The fourth-order valence-electron chi connectivity index (χ4n) is 5.66. The van der Waals surface area contributed by atoms with Crippen molar-refractivity contribution in [3.63, 3.8) is 0 Å². The molecule has 0 radical (unpaired) electrons. The number of carbonyl (C=O) groups is 4. The maximum Gasteiger partial charge on any atom is 0.320 e. The lowest BCUT2D eigenvalue weighted by molar-refractivity contribution is -0.241. The van der Waals surface area contributed by atoms with E-state index in [1.54, 1.807) is 13.0 Å². The van der Waals surface area contributed by atoms with Crippen LogP contribution in [0.4, 0.5) is 0 Å². The van der Waals surface area contributed by atoms with Crippen LogP contribution in [-0.2, 0) is 38.1 Å². The fraction of sp³-hybridized carbons (Fsp3) is 0.636. The van der Waals surface area contributed by atoms with E-state index in [1.165, 1.54) is 19.5 Å². The number of ether oxygens (including phenoxy) is 4. The van der Waals surface area contributed by atoms with Crippen molar-refractivity contribution < 1.29 is 42.5 Å². The Morgan fingerprint density at radius 1 is 1.23 bits per heavy atom. The second-order valence-electron chi connectivity index (χ2n) is 9.18. The number of esters is 2. The topological polar surface area (TPSA) is 118 Å². The predicted octanol–water partition coefficient (Wildman–Crippen LogP) is 2.03. The second kappa shape index (κ2) is 6.74. The summed E-state index contributed by atoms with van der Waals surface area (Å²) in [5.41, 5.74) is -2.04. The summed E-state index contributed by atoms with van der Waals surface area (Å²) in [7, 11) is 0. The van der Waals surface area contributed by atoms with E-state index >= 15 is 0 Å². The lowest BCUT2D eigenvalue weighted by Gasteiger charge is -2.47. The molecule has 0 unspecified atom stereocenters. The number of ketones is 2. The summed E-state index contributed by atoms with van der Waals surface area (Å²) >= 11 is 0. The number of cyclic esters (lactones) is 1. The molecule has 9 heteroatoms. The van der Waals surface area contributed by atoms with Crippen molar-refractivity contribution in [3.05, 3.63) is 24.2 Å². The van der Waals surface area contributed by atoms with Crippen LogP contribution in [0.25, 0.3) is 0 Å². The van der Waals surface area contributed by atoms with Crippen LogP contribution in [0.2, 0.25) is 0 Å². The van der Waals surface area contributed by atoms with Crippen LogP contribution >= 0.6 is 0 Å². The number of carbonyl (C=O) groups excluding carboxylic acids is 4. The molecule has 0 aromatic carbocycles. The maximum atomic E-state index is 13.3. The molecular formula is C22H24O9. The van der Waals surface area contributed by atoms with Crippen molar-refractivity contribution in [2.45, 2.75) is 69.5 Å².